The third kappa shape index (κ3) is 3.39. The minimum atomic E-state index is -0.126. The quantitative estimate of drug-likeness (QED) is 0.851. The standard InChI is InChI=1S/C14H14N2OS2/c1-9(12-6-3-7-19-12)16-14(17)11-5-2-4-10(8-11)13(15)18/h2-9H,1H3,(H2,15,18)(H,16,17). The summed E-state index contributed by atoms with van der Waals surface area (Å²) in [5.74, 6) is -0.126. The van der Waals surface area contributed by atoms with Gasteiger partial charge < -0.3 is 11.1 Å². The maximum absolute atomic E-state index is 12.1. The maximum atomic E-state index is 12.1. The Kier molecular flexibility index (Phi) is 4.29. The molecule has 2 aromatic rings. The fourth-order valence-corrected chi connectivity index (χ4v) is 2.56. The predicted octanol–water partition coefficient (Wildman–Crippen LogP) is 2.87. The zero-order valence-electron chi connectivity index (χ0n) is 10.4. The molecule has 0 spiro atoms. The molecule has 98 valence electrons. The number of rotatable bonds is 4. The van der Waals surface area contributed by atoms with Gasteiger partial charge in [0.25, 0.3) is 5.91 Å². The molecule has 3 N–H and O–H groups in total. The van der Waals surface area contributed by atoms with Crippen molar-refractivity contribution in [3.8, 4) is 0 Å². The summed E-state index contributed by atoms with van der Waals surface area (Å²) >= 11 is 6.53. The van der Waals surface area contributed by atoms with E-state index < -0.39 is 0 Å². The molecule has 0 radical (unpaired) electrons. The second-order valence-electron chi connectivity index (χ2n) is 4.16. The van der Waals surface area contributed by atoms with Gasteiger partial charge in [0.15, 0.2) is 0 Å². The van der Waals surface area contributed by atoms with Crippen LogP contribution in [-0.2, 0) is 0 Å². The molecule has 1 unspecified atom stereocenters. The van der Waals surface area contributed by atoms with Gasteiger partial charge in [-0.2, -0.15) is 0 Å². The number of thiocarbonyl (C=S) groups is 1. The molecule has 5 heteroatoms. The van der Waals surface area contributed by atoms with Gasteiger partial charge in [0, 0.05) is 16.0 Å². The average Bonchev–Trinajstić information content (AvgIpc) is 2.92. The van der Waals surface area contributed by atoms with Gasteiger partial charge in [-0.15, -0.1) is 11.3 Å². The summed E-state index contributed by atoms with van der Waals surface area (Å²) in [6.07, 6.45) is 0. The van der Waals surface area contributed by atoms with E-state index >= 15 is 0 Å². The molecule has 1 aromatic heterocycles. The average molecular weight is 290 g/mol. The van der Waals surface area contributed by atoms with E-state index in [0.717, 1.165) is 4.88 Å². The molecule has 1 atom stereocenters. The summed E-state index contributed by atoms with van der Waals surface area (Å²) in [6.45, 7) is 1.96. The zero-order chi connectivity index (χ0) is 13.8. The molecule has 0 saturated carbocycles. The van der Waals surface area contributed by atoms with Crippen molar-refractivity contribution < 1.29 is 4.79 Å². The number of hydrogen-bond donors (Lipinski definition) is 2. The Labute approximate surface area is 121 Å². The number of carbonyl (C=O) groups excluding carboxylic acids is 1. The van der Waals surface area contributed by atoms with E-state index in [4.69, 9.17) is 18.0 Å². The lowest BCUT2D eigenvalue weighted by Gasteiger charge is -2.12. The first kappa shape index (κ1) is 13.7. The molecule has 0 aliphatic rings. The molecular formula is C14H14N2OS2. The van der Waals surface area contributed by atoms with Crippen LogP contribution >= 0.6 is 23.6 Å². The van der Waals surface area contributed by atoms with Gasteiger partial charge in [0.05, 0.1) is 6.04 Å². The highest BCUT2D eigenvalue weighted by Crippen LogP contribution is 2.18. The first-order chi connectivity index (χ1) is 9.08. The summed E-state index contributed by atoms with van der Waals surface area (Å²) in [5, 5.41) is 4.94. The fourth-order valence-electron chi connectivity index (χ4n) is 1.70. The molecule has 0 bridgehead atoms. The van der Waals surface area contributed by atoms with Crippen molar-refractivity contribution in [2.24, 2.45) is 5.73 Å². The van der Waals surface area contributed by atoms with E-state index in [-0.39, 0.29) is 11.9 Å². The van der Waals surface area contributed by atoms with E-state index in [1.54, 1.807) is 35.6 Å². The first-order valence-corrected chi connectivity index (χ1v) is 7.11. The van der Waals surface area contributed by atoms with Crippen LogP contribution in [0.4, 0.5) is 0 Å². The minimum absolute atomic E-state index is 0.0130. The Morgan fingerprint density at radius 1 is 1.32 bits per heavy atom. The Morgan fingerprint density at radius 2 is 2.05 bits per heavy atom. The fraction of sp³-hybridized carbons (Fsp3) is 0.143. The number of nitrogens with one attached hydrogen (secondary N) is 1. The highest BCUT2D eigenvalue weighted by Gasteiger charge is 2.12. The second-order valence-corrected chi connectivity index (χ2v) is 5.57. The van der Waals surface area contributed by atoms with Gasteiger partial charge >= 0.3 is 0 Å². The molecule has 0 aliphatic heterocycles. The SMILES string of the molecule is CC(NC(=O)c1cccc(C(N)=S)c1)c1cccs1. The van der Waals surface area contributed by atoms with Crippen LogP contribution < -0.4 is 11.1 Å². The topological polar surface area (TPSA) is 55.1 Å². The molecule has 1 heterocycles. The Balaban J connectivity index is 2.12. The molecule has 0 fully saturated rings. The summed E-state index contributed by atoms with van der Waals surface area (Å²) < 4.78 is 0. The smallest absolute Gasteiger partial charge is 0.251 e. The summed E-state index contributed by atoms with van der Waals surface area (Å²) in [6, 6.07) is 11.0. The van der Waals surface area contributed by atoms with E-state index in [1.165, 1.54) is 0 Å². The molecule has 0 saturated heterocycles. The van der Waals surface area contributed by atoms with Gasteiger partial charge in [-0.3, -0.25) is 4.79 Å². The summed E-state index contributed by atoms with van der Waals surface area (Å²) in [5.41, 5.74) is 6.83. The third-order valence-electron chi connectivity index (χ3n) is 2.73. The number of thiophene rings is 1. The first-order valence-electron chi connectivity index (χ1n) is 5.82. The van der Waals surface area contributed by atoms with Crippen LogP contribution in [0, 0.1) is 0 Å². The van der Waals surface area contributed by atoms with Gasteiger partial charge in [-0.05, 0) is 30.5 Å². The lowest BCUT2D eigenvalue weighted by molar-refractivity contribution is 0.0940. The molecule has 19 heavy (non-hydrogen) atoms. The monoisotopic (exact) mass is 290 g/mol. The predicted molar refractivity (Wildman–Crippen MR) is 82.5 cm³/mol. The summed E-state index contributed by atoms with van der Waals surface area (Å²) in [7, 11) is 0. The largest absolute Gasteiger partial charge is 0.389 e. The van der Waals surface area contributed by atoms with Crippen molar-refractivity contribution in [2.45, 2.75) is 13.0 Å². The van der Waals surface area contributed by atoms with E-state index in [2.05, 4.69) is 5.32 Å². The highest BCUT2D eigenvalue weighted by atomic mass is 32.1. The Morgan fingerprint density at radius 3 is 2.68 bits per heavy atom. The normalized spacial score (nSPS) is 11.8. The van der Waals surface area contributed by atoms with Crippen molar-refractivity contribution in [1.29, 1.82) is 0 Å². The van der Waals surface area contributed by atoms with E-state index in [0.29, 0.717) is 16.1 Å². The van der Waals surface area contributed by atoms with Crippen LogP contribution in [0.2, 0.25) is 0 Å². The maximum Gasteiger partial charge on any atom is 0.251 e. The molecular weight excluding hydrogens is 276 g/mol. The lowest BCUT2D eigenvalue weighted by Crippen LogP contribution is -2.26. The minimum Gasteiger partial charge on any atom is -0.389 e. The van der Waals surface area contributed by atoms with Crippen LogP contribution in [0.25, 0.3) is 0 Å². The Bertz CT molecular complexity index is 593. The van der Waals surface area contributed by atoms with Crippen molar-refractivity contribution >= 4 is 34.5 Å². The van der Waals surface area contributed by atoms with Gasteiger partial charge in [0.1, 0.15) is 4.99 Å². The van der Waals surface area contributed by atoms with E-state index in [9.17, 15) is 4.79 Å². The van der Waals surface area contributed by atoms with Crippen molar-refractivity contribution in [3.63, 3.8) is 0 Å². The van der Waals surface area contributed by atoms with Crippen LogP contribution in [0.15, 0.2) is 41.8 Å². The number of amides is 1. The molecule has 1 amide bonds. The van der Waals surface area contributed by atoms with Crippen LogP contribution in [0.5, 0.6) is 0 Å². The number of benzene rings is 1. The van der Waals surface area contributed by atoms with Gasteiger partial charge in [0.2, 0.25) is 0 Å². The molecule has 2 rings (SSSR count). The number of hydrogen-bond acceptors (Lipinski definition) is 3. The zero-order valence-corrected chi connectivity index (χ0v) is 12.1. The van der Waals surface area contributed by atoms with Crippen molar-refractivity contribution in [1.82, 2.24) is 5.32 Å². The highest BCUT2D eigenvalue weighted by molar-refractivity contribution is 7.80. The van der Waals surface area contributed by atoms with Crippen LogP contribution in [0.3, 0.4) is 0 Å². The van der Waals surface area contributed by atoms with Crippen molar-refractivity contribution in [3.05, 3.63) is 57.8 Å². The van der Waals surface area contributed by atoms with Gasteiger partial charge in [-0.25, -0.2) is 0 Å². The molecule has 1 aromatic carbocycles. The van der Waals surface area contributed by atoms with Crippen molar-refractivity contribution in [2.75, 3.05) is 0 Å². The van der Waals surface area contributed by atoms with E-state index in [1.807, 2.05) is 24.4 Å². The second kappa shape index (κ2) is 5.95. The van der Waals surface area contributed by atoms with Gasteiger partial charge in [-0.1, -0.05) is 30.4 Å². The number of nitrogens with two attached hydrogens (primary N) is 1. The molecule has 0 aliphatic carbocycles. The Hall–Kier alpha value is -1.72. The number of carbonyl (C=O) groups is 1. The lowest BCUT2D eigenvalue weighted by atomic mass is 10.1. The molecule has 3 nitrogen and oxygen atoms in total. The summed E-state index contributed by atoms with van der Waals surface area (Å²) in [4.78, 5) is 13.6. The van der Waals surface area contributed by atoms with Crippen LogP contribution in [-0.4, -0.2) is 10.9 Å². The van der Waals surface area contributed by atoms with Crippen LogP contribution in [0.1, 0.15) is 33.8 Å². The third-order valence-corrected chi connectivity index (χ3v) is 4.02.